The van der Waals surface area contributed by atoms with Crippen LogP contribution in [-0.4, -0.2) is 82.0 Å². The number of phenols is 1. The Morgan fingerprint density at radius 1 is 1.14 bits per heavy atom. The van der Waals surface area contributed by atoms with Crippen LogP contribution in [-0.2, 0) is 28.7 Å². The molecule has 11 heteroatoms. The third-order valence-corrected chi connectivity index (χ3v) is 7.88. The zero-order valence-corrected chi connectivity index (χ0v) is 20.3. The average Bonchev–Trinajstić information content (AvgIpc) is 2.80. The summed E-state index contributed by atoms with van der Waals surface area (Å²) in [5.41, 5.74) is 2.59. The predicted molar refractivity (Wildman–Crippen MR) is 122 cm³/mol. The second-order valence-corrected chi connectivity index (χ2v) is 9.92. The maximum absolute atomic E-state index is 14.0. The number of likely N-dealkylation sites (N-methyl/N-ethyl adjacent to an activating group) is 1. The van der Waals surface area contributed by atoms with Gasteiger partial charge in [-0.2, -0.15) is 0 Å². The number of carbonyl (C=O) groups excluding carboxylic acids is 6. The Kier molecular flexibility index (Phi) is 6.12. The van der Waals surface area contributed by atoms with Gasteiger partial charge in [0.05, 0.1) is 23.4 Å². The van der Waals surface area contributed by atoms with E-state index in [0.717, 1.165) is 0 Å². The van der Waals surface area contributed by atoms with Crippen LogP contribution in [0.3, 0.4) is 0 Å². The summed E-state index contributed by atoms with van der Waals surface area (Å²) in [6, 6.07) is 3.00. The van der Waals surface area contributed by atoms with Gasteiger partial charge in [0.15, 0.2) is 34.7 Å². The summed E-state index contributed by atoms with van der Waals surface area (Å²) in [6.07, 6.45) is -1.51. The van der Waals surface area contributed by atoms with Gasteiger partial charge in [0, 0.05) is 12.3 Å². The van der Waals surface area contributed by atoms with Crippen molar-refractivity contribution in [1.29, 1.82) is 0 Å². The monoisotopic (exact) mass is 500 g/mol. The van der Waals surface area contributed by atoms with Gasteiger partial charge in [-0.1, -0.05) is 26.0 Å². The van der Waals surface area contributed by atoms with E-state index >= 15 is 0 Å². The van der Waals surface area contributed by atoms with Crippen LogP contribution >= 0.6 is 0 Å². The number of nitrogens with two attached hydrogens (primary N) is 1. The van der Waals surface area contributed by atoms with Crippen molar-refractivity contribution in [2.24, 2.45) is 29.4 Å². The lowest BCUT2D eigenvalue weighted by molar-refractivity contribution is -0.205. The maximum atomic E-state index is 14.0. The number of amides is 1. The van der Waals surface area contributed by atoms with Crippen LogP contribution < -0.4 is 5.73 Å². The number of phenolic OH excluding ortho intramolecular Hbond substituents is 1. The molecule has 0 saturated heterocycles. The van der Waals surface area contributed by atoms with Gasteiger partial charge in [0.1, 0.15) is 11.9 Å². The predicted octanol–water partition coefficient (Wildman–Crippen LogP) is -0.640. The minimum absolute atomic E-state index is 0.0921. The molecule has 0 bridgehead atoms. The molecule has 0 spiro atoms. The molecule has 1 aromatic carbocycles. The molecule has 2 fully saturated rings. The SMILES string of the molecule is CCC(=O)O[C@H]1[C@H]2C(C(=O)c3c(O)cccc3C2C)C(=O)[C@]2(O)C(=O)C(C(N)=O)C(=O)[C@@H](N(C)C)[C@H]12. The number of benzene rings is 1. The van der Waals surface area contributed by atoms with Gasteiger partial charge in [0.2, 0.25) is 5.91 Å². The fourth-order valence-electron chi connectivity index (χ4n) is 6.30. The molecular weight excluding hydrogens is 472 g/mol. The van der Waals surface area contributed by atoms with Crippen LogP contribution in [0.4, 0.5) is 0 Å². The quantitative estimate of drug-likeness (QED) is 0.355. The van der Waals surface area contributed by atoms with Gasteiger partial charge in [-0.05, 0) is 31.6 Å². The number of primary amides is 1. The molecule has 0 aliphatic heterocycles. The number of ketones is 4. The third kappa shape index (κ3) is 3.26. The highest BCUT2D eigenvalue weighted by Gasteiger charge is 2.74. The smallest absolute Gasteiger partial charge is 0.305 e. The summed E-state index contributed by atoms with van der Waals surface area (Å²) in [4.78, 5) is 80.4. The first kappa shape index (κ1) is 25.6. The lowest BCUT2D eigenvalue weighted by Gasteiger charge is -2.56. The van der Waals surface area contributed by atoms with E-state index < -0.39 is 82.3 Å². The average molecular weight is 501 g/mol. The lowest BCUT2D eigenvalue weighted by Crippen LogP contribution is -2.78. The molecule has 0 heterocycles. The number of hydrogen-bond donors (Lipinski definition) is 3. The largest absolute Gasteiger partial charge is 0.507 e. The Morgan fingerprint density at radius 3 is 2.33 bits per heavy atom. The van der Waals surface area contributed by atoms with E-state index in [4.69, 9.17) is 10.5 Å². The Hall–Kier alpha value is -3.44. The molecule has 4 N–H and O–H groups in total. The number of hydrogen-bond acceptors (Lipinski definition) is 10. The molecule has 11 nitrogen and oxygen atoms in total. The van der Waals surface area contributed by atoms with Crippen molar-refractivity contribution in [2.45, 2.75) is 43.9 Å². The standard InChI is InChI=1S/C25H28N2O9/c1-5-12(29)36-21-13-9(2)10-7-6-8-11(28)14(10)19(30)15(13)22(32)25(35)17(21)18(27(3)4)20(31)16(23(25)33)24(26)34/h6-9,13,15-18,21,28,35H,5H2,1-4H3,(H2,26,34)/t9?,13-,15?,16?,17-,18+,21+,25+/m1/s1. The van der Waals surface area contributed by atoms with Crippen molar-refractivity contribution in [2.75, 3.05) is 14.1 Å². The van der Waals surface area contributed by atoms with Crippen LogP contribution in [0.15, 0.2) is 18.2 Å². The van der Waals surface area contributed by atoms with E-state index in [-0.39, 0.29) is 17.7 Å². The second-order valence-electron chi connectivity index (χ2n) is 9.92. The topological polar surface area (TPSA) is 181 Å². The highest BCUT2D eigenvalue weighted by atomic mass is 16.5. The van der Waals surface area contributed by atoms with E-state index in [1.165, 1.54) is 38.1 Å². The van der Waals surface area contributed by atoms with Crippen LogP contribution in [0.1, 0.15) is 42.1 Å². The second kappa shape index (κ2) is 8.59. The molecule has 36 heavy (non-hydrogen) atoms. The Balaban J connectivity index is 2.03. The van der Waals surface area contributed by atoms with E-state index in [1.807, 2.05) is 0 Å². The van der Waals surface area contributed by atoms with Crippen LogP contribution in [0.5, 0.6) is 5.75 Å². The van der Waals surface area contributed by atoms with Gasteiger partial charge in [-0.25, -0.2) is 0 Å². The Labute approximate surface area is 206 Å². The minimum Gasteiger partial charge on any atom is -0.507 e. The summed E-state index contributed by atoms with van der Waals surface area (Å²) < 4.78 is 5.72. The number of carbonyl (C=O) groups is 6. The van der Waals surface area contributed by atoms with Crippen molar-refractivity contribution in [3.8, 4) is 5.75 Å². The fraction of sp³-hybridized carbons (Fsp3) is 0.520. The van der Waals surface area contributed by atoms with Crippen molar-refractivity contribution in [1.82, 2.24) is 4.90 Å². The third-order valence-electron chi connectivity index (χ3n) is 7.88. The number of Topliss-reactive ketones (excluding diaryl/α,β-unsaturated/α-hetero) is 4. The molecule has 2 saturated carbocycles. The number of fused-ring (bicyclic) bond motifs is 3. The van der Waals surface area contributed by atoms with Crippen LogP contribution in [0.25, 0.3) is 0 Å². The Bertz CT molecular complexity index is 1210. The van der Waals surface area contributed by atoms with E-state index in [2.05, 4.69) is 0 Å². The van der Waals surface area contributed by atoms with Crippen molar-refractivity contribution >= 4 is 35.0 Å². The molecule has 1 amide bonds. The maximum Gasteiger partial charge on any atom is 0.305 e. The first-order valence-corrected chi connectivity index (χ1v) is 11.7. The summed E-state index contributed by atoms with van der Waals surface area (Å²) in [5, 5.41) is 22.2. The molecule has 3 aliphatic rings. The summed E-state index contributed by atoms with van der Waals surface area (Å²) in [5.74, 6) is -14.0. The van der Waals surface area contributed by atoms with Crippen molar-refractivity contribution < 1.29 is 43.7 Å². The summed E-state index contributed by atoms with van der Waals surface area (Å²) in [6.45, 7) is 3.20. The van der Waals surface area contributed by atoms with Crippen molar-refractivity contribution in [3.05, 3.63) is 29.3 Å². The molecule has 3 aliphatic carbocycles. The van der Waals surface area contributed by atoms with E-state index in [9.17, 15) is 39.0 Å². The number of aromatic hydroxyl groups is 1. The fourth-order valence-corrected chi connectivity index (χ4v) is 6.30. The lowest BCUT2D eigenvalue weighted by atomic mass is 9.49. The summed E-state index contributed by atoms with van der Waals surface area (Å²) >= 11 is 0. The molecule has 4 rings (SSSR count). The van der Waals surface area contributed by atoms with Crippen LogP contribution in [0.2, 0.25) is 0 Å². The zero-order chi connectivity index (χ0) is 26.9. The summed E-state index contributed by atoms with van der Waals surface area (Å²) in [7, 11) is 2.91. The molecule has 8 atom stereocenters. The molecule has 3 unspecified atom stereocenters. The highest BCUT2D eigenvalue weighted by molar-refractivity contribution is 6.32. The van der Waals surface area contributed by atoms with E-state index in [0.29, 0.717) is 5.56 Å². The number of aliphatic hydroxyl groups is 1. The Morgan fingerprint density at radius 2 is 1.78 bits per heavy atom. The number of ether oxygens (including phenoxy) is 1. The zero-order valence-electron chi connectivity index (χ0n) is 20.3. The molecule has 192 valence electrons. The van der Waals surface area contributed by atoms with Gasteiger partial charge in [-0.3, -0.25) is 33.7 Å². The van der Waals surface area contributed by atoms with Crippen LogP contribution in [0, 0.1) is 23.7 Å². The molecule has 1 aromatic rings. The van der Waals surface area contributed by atoms with Gasteiger partial charge >= 0.3 is 5.97 Å². The van der Waals surface area contributed by atoms with Crippen molar-refractivity contribution in [3.63, 3.8) is 0 Å². The minimum atomic E-state index is -3.01. The number of nitrogens with zero attached hydrogens (tertiary/aromatic N) is 1. The first-order chi connectivity index (χ1) is 16.8. The van der Waals surface area contributed by atoms with E-state index in [1.54, 1.807) is 13.0 Å². The highest BCUT2D eigenvalue weighted by Crippen LogP contribution is 2.55. The number of rotatable bonds is 4. The first-order valence-electron chi connectivity index (χ1n) is 11.7. The molecular formula is C25H28N2O9. The van der Waals surface area contributed by atoms with Gasteiger partial charge in [-0.15, -0.1) is 0 Å². The number of esters is 1. The van der Waals surface area contributed by atoms with Gasteiger partial charge in [0.25, 0.3) is 0 Å². The normalized spacial score (nSPS) is 35.7. The molecule has 0 aromatic heterocycles. The molecule has 0 radical (unpaired) electrons. The van der Waals surface area contributed by atoms with Gasteiger partial charge < -0.3 is 20.7 Å².